The average molecular weight is 301 g/mol. The van der Waals surface area contributed by atoms with E-state index in [0.29, 0.717) is 25.6 Å². The van der Waals surface area contributed by atoms with Gasteiger partial charge in [-0.1, -0.05) is 13.8 Å². The predicted molar refractivity (Wildman–Crippen MR) is 84.5 cm³/mol. The quantitative estimate of drug-likeness (QED) is 0.742. The molecule has 0 fully saturated rings. The molecule has 2 amide bonds. The van der Waals surface area contributed by atoms with Gasteiger partial charge in [0.05, 0.1) is 0 Å². The van der Waals surface area contributed by atoms with Crippen LogP contribution in [0.3, 0.4) is 0 Å². The van der Waals surface area contributed by atoms with Crippen molar-refractivity contribution in [3.8, 4) is 0 Å². The lowest BCUT2D eigenvalue weighted by Gasteiger charge is -2.39. The molecule has 0 heterocycles. The van der Waals surface area contributed by atoms with Crippen LogP contribution in [0.4, 0.5) is 4.79 Å². The first kappa shape index (κ1) is 19.7. The molecule has 0 aromatic heterocycles. The zero-order chi connectivity index (χ0) is 16.8. The lowest BCUT2D eigenvalue weighted by Crippen LogP contribution is -2.58. The highest BCUT2D eigenvalue weighted by Crippen LogP contribution is 2.17. The number of nitrogens with zero attached hydrogens (tertiary/aromatic N) is 3. The maximum atomic E-state index is 12.7. The molecule has 0 aromatic rings. The van der Waals surface area contributed by atoms with Crippen molar-refractivity contribution in [1.82, 2.24) is 14.7 Å². The van der Waals surface area contributed by atoms with Gasteiger partial charge in [0.25, 0.3) is 0 Å². The van der Waals surface area contributed by atoms with Gasteiger partial charge in [0.15, 0.2) is 0 Å². The van der Waals surface area contributed by atoms with E-state index in [4.69, 9.17) is 0 Å². The van der Waals surface area contributed by atoms with Gasteiger partial charge >= 0.3 is 12.0 Å². The Morgan fingerprint density at radius 3 is 2.00 bits per heavy atom. The van der Waals surface area contributed by atoms with Crippen LogP contribution in [-0.2, 0) is 4.79 Å². The normalized spacial score (nSPS) is 11.9. The lowest BCUT2D eigenvalue weighted by molar-refractivity contribution is -0.147. The molecule has 21 heavy (non-hydrogen) atoms. The van der Waals surface area contributed by atoms with Crippen molar-refractivity contribution in [2.24, 2.45) is 5.92 Å². The minimum Gasteiger partial charge on any atom is -0.480 e. The molecule has 0 aliphatic rings. The number of amides is 2. The van der Waals surface area contributed by atoms with Crippen LogP contribution >= 0.6 is 0 Å². The van der Waals surface area contributed by atoms with E-state index < -0.39 is 11.5 Å². The summed E-state index contributed by atoms with van der Waals surface area (Å²) in [4.78, 5) is 29.3. The molecule has 124 valence electrons. The Balaban J connectivity index is 5.17. The first-order chi connectivity index (χ1) is 9.53. The smallest absolute Gasteiger partial charge is 0.329 e. The molecular weight excluding hydrogens is 270 g/mol. The summed E-state index contributed by atoms with van der Waals surface area (Å²) in [6.45, 7) is 11.4. The fourth-order valence-electron chi connectivity index (χ4n) is 2.08. The van der Waals surface area contributed by atoms with Crippen molar-refractivity contribution in [1.29, 1.82) is 0 Å². The number of hydrogen-bond acceptors (Lipinski definition) is 3. The van der Waals surface area contributed by atoms with E-state index >= 15 is 0 Å². The number of aliphatic carboxylic acids is 1. The molecule has 0 aromatic carbocycles. The maximum absolute atomic E-state index is 12.7. The zero-order valence-corrected chi connectivity index (χ0v) is 14.5. The van der Waals surface area contributed by atoms with Gasteiger partial charge < -0.3 is 19.8 Å². The second-order valence-corrected chi connectivity index (χ2v) is 6.53. The molecule has 1 N–H and O–H groups in total. The van der Waals surface area contributed by atoms with E-state index in [1.165, 1.54) is 4.90 Å². The number of likely N-dealkylation sites (N-methyl/N-ethyl adjacent to an activating group) is 2. The third-order valence-electron chi connectivity index (χ3n) is 3.42. The molecule has 0 saturated heterocycles. The molecule has 0 bridgehead atoms. The first-order valence-electron chi connectivity index (χ1n) is 7.48. The molecular formula is C15H31N3O3. The van der Waals surface area contributed by atoms with Crippen LogP contribution in [0.2, 0.25) is 0 Å². The summed E-state index contributed by atoms with van der Waals surface area (Å²) in [6.07, 6.45) is 0. The third kappa shape index (κ3) is 5.91. The monoisotopic (exact) mass is 301 g/mol. The first-order valence-corrected chi connectivity index (χ1v) is 7.48. The Hall–Kier alpha value is -1.30. The van der Waals surface area contributed by atoms with Crippen LogP contribution in [0.5, 0.6) is 0 Å². The fourth-order valence-corrected chi connectivity index (χ4v) is 2.08. The van der Waals surface area contributed by atoms with E-state index in [2.05, 4.69) is 13.8 Å². The number of carboxylic acid groups (broad SMARTS) is 1. The molecule has 0 aliphatic heterocycles. The number of carboxylic acids is 1. The van der Waals surface area contributed by atoms with Gasteiger partial charge in [0.2, 0.25) is 0 Å². The van der Waals surface area contributed by atoms with Crippen LogP contribution in [0.1, 0.15) is 34.6 Å². The van der Waals surface area contributed by atoms with Crippen molar-refractivity contribution in [3.05, 3.63) is 0 Å². The molecule has 6 heteroatoms. The molecule has 0 aliphatic carbocycles. The lowest BCUT2D eigenvalue weighted by atomic mass is 10.0. The minimum absolute atomic E-state index is 0.208. The minimum atomic E-state index is -1.21. The summed E-state index contributed by atoms with van der Waals surface area (Å²) in [5.74, 6) is -0.655. The predicted octanol–water partition coefficient (Wildman–Crippen LogP) is 1.81. The Kier molecular flexibility index (Phi) is 7.71. The van der Waals surface area contributed by atoms with Gasteiger partial charge in [-0.15, -0.1) is 0 Å². The number of carbonyl (C=O) groups is 2. The van der Waals surface area contributed by atoms with E-state index in [-0.39, 0.29) is 6.03 Å². The highest BCUT2D eigenvalue weighted by Gasteiger charge is 2.38. The Labute approximate surface area is 128 Å². The second-order valence-electron chi connectivity index (χ2n) is 6.53. The zero-order valence-electron chi connectivity index (χ0n) is 14.5. The topological polar surface area (TPSA) is 64.1 Å². The van der Waals surface area contributed by atoms with E-state index in [0.717, 1.165) is 6.54 Å². The molecule has 0 atom stereocenters. The molecule has 0 radical (unpaired) electrons. The van der Waals surface area contributed by atoms with Gasteiger partial charge in [-0.25, -0.2) is 9.59 Å². The summed E-state index contributed by atoms with van der Waals surface area (Å²) in [5.41, 5.74) is -1.21. The third-order valence-corrected chi connectivity index (χ3v) is 3.42. The van der Waals surface area contributed by atoms with Crippen LogP contribution in [0.15, 0.2) is 0 Å². The SMILES string of the molecule is CCN(C(=O)N(CCN(C)C)CC(C)C)C(C)(C)C(=O)O. The standard InChI is InChI=1S/C15H31N3O3/c1-8-18(15(4,5)13(19)20)14(21)17(11-12(2)3)10-9-16(6)7/h12H,8-11H2,1-7H3,(H,19,20). The van der Waals surface area contributed by atoms with Gasteiger partial charge in [0.1, 0.15) is 5.54 Å². The van der Waals surface area contributed by atoms with Crippen molar-refractivity contribution in [2.75, 3.05) is 40.3 Å². The van der Waals surface area contributed by atoms with Gasteiger partial charge in [-0.05, 0) is 40.8 Å². The maximum Gasteiger partial charge on any atom is 0.329 e. The Bertz CT molecular complexity index is 354. The summed E-state index contributed by atoms with van der Waals surface area (Å²) in [6, 6.07) is -0.208. The molecule has 0 unspecified atom stereocenters. The van der Waals surface area contributed by atoms with Crippen LogP contribution in [0.25, 0.3) is 0 Å². The number of urea groups is 1. The van der Waals surface area contributed by atoms with Crippen molar-refractivity contribution < 1.29 is 14.7 Å². The van der Waals surface area contributed by atoms with Crippen molar-refractivity contribution in [2.45, 2.75) is 40.2 Å². The van der Waals surface area contributed by atoms with Crippen LogP contribution in [0, 0.1) is 5.92 Å². The van der Waals surface area contributed by atoms with E-state index in [1.807, 2.05) is 25.9 Å². The second kappa shape index (κ2) is 8.22. The summed E-state index contributed by atoms with van der Waals surface area (Å²) >= 11 is 0. The Morgan fingerprint density at radius 2 is 1.67 bits per heavy atom. The Morgan fingerprint density at radius 1 is 1.14 bits per heavy atom. The van der Waals surface area contributed by atoms with Crippen LogP contribution in [-0.4, -0.2) is 77.6 Å². The van der Waals surface area contributed by atoms with E-state index in [9.17, 15) is 14.7 Å². The fraction of sp³-hybridized carbons (Fsp3) is 0.867. The van der Waals surface area contributed by atoms with E-state index in [1.54, 1.807) is 18.7 Å². The summed E-state index contributed by atoms with van der Waals surface area (Å²) < 4.78 is 0. The van der Waals surface area contributed by atoms with Crippen molar-refractivity contribution >= 4 is 12.0 Å². The van der Waals surface area contributed by atoms with Crippen LogP contribution < -0.4 is 0 Å². The number of carbonyl (C=O) groups excluding carboxylic acids is 1. The summed E-state index contributed by atoms with van der Waals surface area (Å²) in [7, 11) is 3.91. The number of rotatable bonds is 8. The molecule has 0 spiro atoms. The summed E-state index contributed by atoms with van der Waals surface area (Å²) in [5, 5.41) is 9.35. The molecule has 6 nitrogen and oxygen atoms in total. The van der Waals surface area contributed by atoms with Gasteiger partial charge in [-0.2, -0.15) is 0 Å². The highest BCUT2D eigenvalue weighted by atomic mass is 16.4. The highest BCUT2D eigenvalue weighted by molar-refractivity contribution is 5.85. The average Bonchev–Trinajstić information content (AvgIpc) is 2.33. The van der Waals surface area contributed by atoms with Crippen molar-refractivity contribution in [3.63, 3.8) is 0 Å². The molecule has 0 rings (SSSR count). The number of hydrogen-bond donors (Lipinski definition) is 1. The largest absolute Gasteiger partial charge is 0.480 e. The molecule has 0 saturated carbocycles. The van der Waals surface area contributed by atoms with Gasteiger partial charge in [0, 0.05) is 26.2 Å². The van der Waals surface area contributed by atoms with Gasteiger partial charge in [-0.3, -0.25) is 0 Å².